The molecule has 1 aromatic carbocycles. The zero-order valence-electron chi connectivity index (χ0n) is 6.97. The Morgan fingerprint density at radius 2 is 2.23 bits per heavy atom. The molecule has 1 rings (SSSR count). The summed E-state index contributed by atoms with van der Waals surface area (Å²) in [4.78, 5) is 10.7. The number of carboxylic acids is 1. The van der Waals surface area contributed by atoms with Gasteiger partial charge in [0.25, 0.3) is 0 Å². The Labute approximate surface area is 83.5 Å². The van der Waals surface area contributed by atoms with Gasteiger partial charge in [-0.25, -0.2) is 9.18 Å². The number of hydrogen-bond acceptors (Lipinski definition) is 1. The van der Waals surface area contributed by atoms with Crippen LogP contribution in [-0.2, 0) is 5.33 Å². The van der Waals surface area contributed by atoms with E-state index in [-0.39, 0.29) is 5.56 Å². The van der Waals surface area contributed by atoms with Crippen LogP contribution in [-0.4, -0.2) is 11.1 Å². The maximum Gasteiger partial charge on any atom is 0.338 e. The van der Waals surface area contributed by atoms with Crippen molar-refractivity contribution in [1.29, 1.82) is 0 Å². The summed E-state index contributed by atoms with van der Waals surface area (Å²) in [6.07, 6.45) is 0. The van der Waals surface area contributed by atoms with Crippen LogP contribution in [0.15, 0.2) is 12.1 Å². The van der Waals surface area contributed by atoms with E-state index in [9.17, 15) is 9.18 Å². The Morgan fingerprint density at radius 1 is 1.62 bits per heavy atom. The summed E-state index contributed by atoms with van der Waals surface area (Å²) in [7, 11) is 0. The van der Waals surface area contributed by atoms with E-state index in [0.717, 1.165) is 5.56 Å². The molecule has 0 spiro atoms. The molecule has 0 radical (unpaired) electrons. The predicted molar refractivity (Wildman–Crippen MR) is 50.7 cm³/mol. The molecule has 13 heavy (non-hydrogen) atoms. The second-order valence-corrected chi connectivity index (χ2v) is 3.21. The molecule has 0 atom stereocenters. The minimum absolute atomic E-state index is 0.239. The number of halogens is 2. The zero-order chi connectivity index (χ0) is 10.0. The van der Waals surface area contributed by atoms with E-state index in [0.29, 0.717) is 10.9 Å². The van der Waals surface area contributed by atoms with Crippen LogP contribution in [0.25, 0.3) is 0 Å². The number of hydrogen-bond donors (Lipinski definition) is 1. The van der Waals surface area contributed by atoms with Gasteiger partial charge in [-0.15, -0.1) is 0 Å². The van der Waals surface area contributed by atoms with Gasteiger partial charge in [-0.1, -0.05) is 22.0 Å². The van der Waals surface area contributed by atoms with Crippen LogP contribution in [0.3, 0.4) is 0 Å². The molecule has 2 nitrogen and oxygen atoms in total. The fraction of sp³-hybridized carbons (Fsp3) is 0.222. The third kappa shape index (κ3) is 1.88. The Balaban J connectivity index is 3.38. The molecule has 0 amide bonds. The van der Waals surface area contributed by atoms with Crippen LogP contribution in [0.5, 0.6) is 0 Å². The Morgan fingerprint density at radius 3 is 2.69 bits per heavy atom. The van der Waals surface area contributed by atoms with E-state index in [1.165, 1.54) is 6.07 Å². The van der Waals surface area contributed by atoms with Gasteiger partial charge in [-0.3, -0.25) is 0 Å². The highest BCUT2D eigenvalue weighted by atomic mass is 79.9. The second-order valence-electron chi connectivity index (χ2n) is 2.65. The lowest BCUT2D eigenvalue weighted by atomic mass is 10.0. The third-order valence-electron chi connectivity index (χ3n) is 1.88. The number of benzene rings is 1. The highest BCUT2D eigenvalue weighted by Gasteiger charge is 2.15. The van der Waals surface area contributed by atoms with Gasteiger partial charge < -0.3 is 5.11 Å². The Bertz CT molecular complexity index is 350. The summed E-state index contributed by atoms with van der Waals surface area (Å²) in [5, 5.41) is 9.24. The van der Waals surface area contributed by atoms with Crippen LogP contribution in [0.4, 0.5) is 4.39 Å². The van der Waals surface area contributed by atoms with Gasteiger partial charge in [0.15, 0.2) is 0 Å². The van der Waals surface area contributed by atoms with Gasteiger partial charge in [-0.2, -0.15) is 0 Å². The van der Waals surface area contributed by atoms with E-state index < -0.39 is 11.8 Å². The third-order valence-corrected chi connectivity index (χ3v) is 2.49. The molecule has 0 bridgehead atoms. The minimum Gasteiger partial charge on any atom is -0.478 e. The van der Waals surface area contributed by atoms with Crippen molar-refractivity contribution in [2.24, 2.45) is 0 Å². The smallest absolute Gasteiger partial charge is 0.338 e. The summed E-state index contributed by atoms with van der Waals surface area (Å²) < 4.78 is 13.0. The van der Waals surface area contributed by atoms with Crippen LogP contribution in [0.2, 0.25) is 0 Å². The first kappa shape index (κ1) is 10.2. The molecule has 0 aliphatic heterocycles. The zero-order valence-corrected chi connectivity index (χ0v) is 8.56. The van der Waals surface area contributed by atoms with Gasteiger partial charge in [0.1, 0.15) is 5.82 Å². The molecule has 0 saturated carbocycles. The highest BCUT2D eigenvalue weighted by molar-refractivity contribution is 9.08. The van der Waals surface area contributed by atoms with Gasteiger partial charge >= 0.3 is 5.97 Å². The van der Waals surface area contributed by atoms with E-state index in [2.05, 4.69) is 15.9 Å². The van der Waals surface area contributed by atoms with Crippen molar-refractivity contribution in [3.8, 4) is 0 Å². The molecule has 0 aliphatic carbocycles. The molecular weight excluding hydrogens is 239 g/mol. The SMILES string of the molecule is Cc1c(CBr)ccc(F)c1C(=O)O. The lowest BCUT2D eigenvalue weighted by Gasteiger charge is -2.06. The van der Waals surface area contributed by atoms with Crippen LogP contribution in [0, 0.1) is 12.7 Å². The van der Waals surface area contributed by atoms with Crippen LogP contribution in [0.1, 0.15) is 21.5 Å². The summed E-state index contributed by atoms with van der Waals surface area (Å²) >= 11 is 3.20. The van der Waals surface area contributed by atoms with Crippen molar-refractivity contribution in [2.45, 2.75) is 12.3 Å². The number of alkyl halides is 1. The van der Waals surface area contributed by atoms with Crippen molar-refractivity contribution >= 4 is 21.9 Å². The fourth-order valence-electron chi connectivity index (χ4n) is 1.13. The van der Waals surface area contributed by atoms with E-state index >= 15 is 0 Å². The first-order valence-corrected chi connectivity index (χ1v) is 4.77. The maximum absolute atomic E-state index is 13.0. The molecule has 0 fully saturated rings. The molecule has 0 saturated heterocycles. The molecule has 0 unspecified atom stereocenters. The van der Waals surface area contributed by atoms with Crippen molar-refractivity contribution in [3.63, 3.8) is 0 Å². The monoisotopic (exact) mass is 246 g/mol. The second kappa shape index (κ2) is 3.87. The molecule has 0 aliphatic rings. The van der Waals surface area contributed by atoms with E-state index in [1.807, 2.05) is 0 Å². The van der Waals surface area contributed by atoms with Gasteiger partial charge in [-0.05, 0) is 24.1 Å². The maximum atomic E-state index is 13.0. The Hall–Kier alpha value is -0.900. The van der Waals surface area contributed by atoms with Gasteiger partial charge in [0, 0.05) is 5.33 Å². The van der Waals surface area contributed by atoms with E-state index in [4.69, 9.17) is 5.11 Å². The summed E-state index contributed by atoms with van der Waals surface area (Å²) in [6, 6.07) is 2.75. The van der Waals surface area contributed by atoms with Crippen LogP contribution < -0.4 is 0 Å². The first-order chi connectivity index (χ1) is 6.07. The van der Waals surface area contributed by atoms with Gasteiger partial charge in [0.05, 0.1) is 5.56 Å². The standard InChI is InChI=1S/C9H8BrFO2/c1-5-6(4-10)2-3-7(11)8(5)9(12)13/h2-3H,4H2,1H3,(H,12,13). The van der Waals surface area contributed by atoms with Crippen molar-refractivity contribution in [1.82, 2.24) is 0 Å². The summed E-state index contributed by atoms with van der Waals surface area (Å²) in [5.41, 5.74) is 1.03. The average molecular weight is 247 g/mol. The van der Waals surface area contributed by atoms with Crippen molar-refractivity contribution in [2.75, 3.05) is 0 Å². The number of carbonyl (C=O) groups is 1. The lowest BCUT2D eigenvalue weighted by Crippen LogP contribution is -2.05. The number of aromatic carboxylic acids is 1. The molecule has 1 aromatic rings. The first-order valence-electron chi connectivity index (χ1n) is 3.65. The normalized spacial score (nSPS) is 10.1. The topological polar surface area (TPSA) is 37.3 Å². The summed E-state index contributed by atoms with van der Waals surface area (Å²) in [5.74, 6) is -1.91. The number of rotatable bonds is 2. The van der Waals surface area contributed by atoms with E-state index in [1.54, 1.807) is 13.0 Å². The number of carboxylic acid groups (broad SMARTS) is 1. The highest BCUT2D eigenvalue weighted by Crippen LogP contribution is 2.19. The quantitative estimate of drug-likeness (QED) is 0.816. The molecule has 70 valence electrons. The largest absolute Gasteiger partial charge is 0.478 e. The van der Waals surface area contributed by atoms with Crippen molar-refractivity contribution < 1.29 is 14.3 Å². The lowest BCUT2D eigenvalue weighted by molar-refractivity contribution is 0.0691. The molecule has 0 heterocycles. The molecule has 0 aromatic heterocycles. The van der Waals surface area contributed by atoms with Crippen molar-refractivity contribution in [3.05, 3.63) is 34.6 Å². The molecular formula is C9H8BrFO2. The minimum atomic E-state index is -1.22. The Kier molecular flexibility index (Phi) is 3.03. The predicted octanol–water partition coefficient (Wildman–Crippen LogP) is 2.73. The average Bonchev–Trinajstić information content (AvgIpc) is 2.04. The fourth-order valence-corrected chi connectivity index (χ4v) is 1.74. The summed E-state index contributed by atoms with van der Waals surface area (Å²) in [6.45, 7) is 1.60. The molecule has 1 N–H and O–H groups in total. The molecule has 4 heteroatoms. The van der Waals surface area contributed by atoms with Crippen LogP contribution >= 0.6 is 15.9 Å². The van der Waals surface area contributed by atoms with Gasteiger partial charge in [0.2, 0.25) is 0 Å².